The minimum Gasteiger partial charge on any atom is -0.497 e. The Morgan fingerprint density at radius 2 is 1.85 bits per heavy atom. The van der Waals surface area contributed by atoms with Gasteiger partial charge < -0.3 is 19.5 Å². The molecule has 140 valence electrons. The number of ether oxygens (including phenoxy) is 3. The number of methoxy groups -OCH3 is 1. The number of allylic oxidation sites excluding steroid dienone is 1. The summed E-state index contributed by atoms with van der Waals surface area (Å²) in [5.41, 5.74) is 3.29. The second-order valence-electron chi connectivity index (χ2n) is 5.94. The van der Waals surface area contributed by atoms with E-state index in [4.69, 9.17) is 14.2 Å². The van der Waals surface area contributed by atoms with Gasteiger partial charge in [0.05, 0.1) is 20.3 Å². The quantitative estimate of drug-likeness (QED) is 0.561. The van der Waals surface area contributed by atoms with Gasteiger partial charge in [0.2, 0.25) is 0 Å². The zero-order chi connectivity index (χ0) is 18.8. The topological polar surface area (TPSA) is 39.7 Å². The fraction of sp³-hybridized carbons (Fsp3) is 0.364. The number of nitrogens with one attached hydrogen (secondary N) is 1. The summed E-state index contributed by atoms with van der Waals surface area (Å²) in [5.74, 6) is 2.48. The maximum atomic E-state index is 5.96. The summed E-state index contributed by atoms with van der Waals surface area (Å²) in [5, 5.41) is 3.44. The molecule has 0 fully saturated rings. The lowest BCUT2D eigenvalue weighted by Crippen LogP contribution is -2.06. The van der Waals surface area contributed by atoms with E-state index in [1.165, 1.54) is 0 Å². The van der Waals surface area contributed by atoms with E-state index in [0.29, 0.717) is 19.8 Å². The summed E-state index contributed by atoms with van der Waals surface area (Å²) in [6, 6.07) is 12.1. The summed E-state index contributed by atoms with van der Waals surface area (Å²) in [7, 11) is 1.67. The number of benzene rings is 2. The number of hydrogen-bond acceptors (Lipinski definition) is 4. The first kappa shape index (κ1) is 19.7. The van der Waals surface area contributed by atoms with Crippen molar-refractivity contribution in [3.63, 3.8) is 0 Å². The Balaban J connectivity index is 2.21. The van der Waals surface area contributed by atoms with Crippen LogP contribution in [0.1, 0.15) is 31.4 Å². The van der Waals surface area contributed by atoms with E-state index in [9.17, 15) is 0 Å². The minimum atomic E-state index is 0.603. The van der Waals surface area contributed by atoms with Crippen LogP contribution in [0, 0.1) is 0 Å². The fourth-order valence-electron chi connectivity index (χ4n) is 2.68. The van der Waals surface area contributed by atoms with Crippen molar-refractivity contribution < 1.29 is 14.2 Å². The second kappa shape index (κ2) is 10.4. The second-order valence-corrected chi connectivity index (χ2v) is 5.94. The zero-order valence-corrected chi connectivity index (χ0v) is 16.0. The highest BCUT2D eigenvalue weighted by Crippen LogP contribution is 2.34. The van der Waals surface area contributed by atoms with Crippen molar-refractivity contribution in [1.29, 1.82) is 0 Å². The third-order valence-corrected chi connectivity index (χ3v) is 3.89. The molecule has 2 rings (SSSR count). The van der Waals surface area contributed by atoms with Gasteiger partial charge in [0.15, 0.2) is 11.5 Å². The highest BCUT2D eigenvalue weighted by molar-refractivity contribution is 5.52. The van der Waals surface area contributed by atoms with Gasteiger partial charge in [-0.15, -0.1) is 6.58 Å². The average Bonchev–Trinajstić information content (AvgIpc) is 2.66. The molecule has 4 nitrogen and oxygen atoms in total. The zero-order valence-electron chi connectivity index (χ0n) is 16.0. The van der Waals surface area contributed by atoms with Crippen molar-refractivity contribution in [2.24, 2.45) is 0 Å². The summed E-state index contributed by atoms with van der Waals surface area (Å²) in [6.07, 6.45) is 3.60. The smallest absolute Gasteiger partial charge is 0.164 e. The molecule has 0 amide bonds. The Morgan fingerprint density at radius 3 is 2.46 bits per heavy atom. The van der Waals surface area contributed by atoms with Gasteiger partial charge >= 0.3 is 0 Å². The third kappa shape index (κ3) is 5.45. The molecule has 2 aromatic rings. The molecule has 0 aliphatic heterocycles. The summed E-state index contributed by atoms with van der Waals surface area (Å²) >= 11 is 0. The van der Waals surface area contributed by atoms with Gasteiger partial charge in [0, 0.05) is 17.8 Å². The molecule has 0 unspecified atom stereocenters. The van der Waals surface area contributed by atoms with Crippen LogP contribution in [-0.4, -0.2) is 20.3 Å². The van der Waals surface area contributed by atoms with Crippen LogP contribution < -0.4 is 19.5 Å². The van der Waals surface area contributed by atoms with Crippen LogP contribution in [0.25, 0.3) is 0 Å². The predicted octanol–water partition coefficient (Wildman–Crippen LogP) is 5.22. The Bertz CT molecular complexity index is 695. The van der Waals surface area contributed by atoms with Crippen molar-refractivity contribution in [3.8, 4) is 17.2 Å². The first-order valence-corrected chi connectivity index (χ1v) is 9.12. The summed E-state index contributed by atoms with van der Waals surface area (Å²) < 4.78 is 17.0. The lowest BCUT2D eigenvalue weighted by Gasteiger charge is -2.17. The van der Waals surface area contributed by atoms with Gasteiger partial charge in [-0.2, -0.15) is 0 Å². The van der Waals surface area contributed by atoms with E-state index in [2.05, 4.69) is 31.0 Å². The average molecular weight is 355 g/mol. The van der Waals surface area contributed by atoms with Gasteiger partial charge in [0.1, 0.15) is 5.75 Å². The van der Waals surface area contributed by atoms with E-state index in [-0.39, 0.29) is 0 Å². The normalized spacial score (nSPS) is 10.3. The van der Waals surface area contributed by atoms with Crippen molar-refractivity contribution in [2.75, 3.05) is 25.6 Å². The molecule has 0 heterocycles. The molecule has 1 N–H and O–H groups in total. The van der Waals surface area contributed by atoms with Crippen LogP contribution >= 0.6 is 0 Å². The van der Waals surface area contributed by atoms with Crippen LogP contribution in [-0.2, 0) is 13.0 Å². The molecule has 0 aliphatic rings. The fourth-order valence-corrected chi connectivity index (χ4v) is 2.68. The maximum absolute atomic E-state index is 5.96. The molecule has 0 aliphatic carbocycles. The predicted molar refractivity (Wildman–Crippen MR) is 108 cm³/mol. The van der Waals surface area contributed by atoms with Gasteiger partial charge in [-0.3, -0.25) is 0 Å². The lowest BCUT2D eigenvalue weighted by molar-refractivity contribution is 0.274. The van der Waals surface area contributed by atoms with Crippen LogP contribution in [0.15, 0.2) is 49.1 Å². The molecule has 0 aromatic heterocycles. The van der Waals surface area contributed by atoms with Gasteiger partial charge in [-0.1, -0.05) is 13.0 Å². The van der Waals surface area contributed by atoms with Crippen LogP contribution in [0.2, 0.25) is 0 Å². The standard InChI is InChI=1S/C22H29NO3/c1-5-8-18-14-17(15-21(25-7-3)22(18)26-13-6-2)16-23-19-9-11-20(24-4)12-10-19/h5,9-12,14-15,23H,1,6-8,13,16H2,2-4H3. The van der Waals surface area contributed by atoms with E-state index >= 15 is 0 Å². The number of hydrogen-bond donors (Lipinski definition) is 1. The Labute approximate surface area is 156 Å². The van der Waals surface area contributed by atoms with Crippen LogP contribution in [0.4, 0.5) is 5.69 Å². The molecule has 0 saturated carbocycles. The Hall–Kier alpha value is -2.62. The van der Waals surface area contributed by atoms with E-state index in [1.54, 1.807) is 7.11 Å². The van der Waals surface area contributed by atoms with Crippen molar-refractivity contribution >= 4 is 5.69 Å². The Kier molecular flexibility index (Phi) is 7.87. The third-order valence-electron chi connectivity index (χ3n) is 3.89. The first-order valence-electron chi connectivity index (χ1n) is 9.12. The van der Waals surface area contributed by atoms with E-state index < -0.39 is 0 Å². The van der Waals surface area contributed by atoms with E-state index in [1.807, 2.05) is 37.3 Å². The summed E-state index contributed by atoms with van der Waals surface area (Å²) in [4.78, 5) is 0. The highest BCUT2D eigenvalue weighted by Gasteiger charge is 2.13. The maximum Gasteiger partial charge on any atom is 0.164 e. The van der Waals surface area contributed by atoms with Gasteiger partial charge in [0.25, 0.3) is 0 Å². The van der Waals surface area contributed by atoms with Crippen LogP contribution in [0.5, 0.6) is 17.2 Å². The molecule has 0 saturated heterocycles. The number of anilines is 1. The molecule has 0 bridgehead atoms. The molecule has 26 heavy (non-hydrogen) atoms. The number of rotatable bonds is 11. The van der Waals surface area contributed by atoms with Crippen LogP contribution in [0.3, 0.4) is 0 Å². The lowest BCUT2D eigenvalue weighted by atomic mass is 10.1. The van der Waals surface area contributed by atoms with E-state index in [0.717, 1.165) is 46.9 Å². The summed E-state index contributed by atoms with van der Waals surface area (Å²) in [6.45, 7) is 9.93. The molecular formula is C22H29NO3. The minimum absolute atomic E-state index is 0.603. The molecule has 4 heteroatoms. The van der Waals surface area contributed by atoms with Crippen molar-refractivity contribution in [3.05, 3.63) is 60.2 Å². The van der Waals surface area contributed by atoms with Crippen molar-refractivity contribution in [1.82, 2.24) is 0 Å². The largest absolute Gasteiger partial charge is 0.497 e. The van der Waals surface area contributed by atoms with Gasteiger partial charge in [-0.05, 0) is 61.7 Å². The van der Waals surface area contributed by atoms with Crippen molar-refractivity contribution in [2.45, 2.75) is 33.2 Å². The monoisotopic (exact) mass is 355 g/mol. The Morgan fingerprint density at radius 1 is 1.08 bits per heavy atom. The molecular weight excluding hydrogens is 326 g/mol. The highest BCUT2D eigenvalue weighted by atomic mass is 16.5. The first-order chi connectivity index (χ1) is 12.7. The van der Waals surface area contributed by atoms with Gasteiger partial charge in [-0.25, -0.2) is 0 Å². The molecule has 0 spiro atoms. The molecule has 0 radical (unpaired) electrons. The molecule has 0 atom stereocenters. The SMILES string of the molecule is C=CCc1cc(CNc2ccc(OC)cc2)cc(OCC)c1OCCC. The molecule has 2 aromatic carbocycles.